The summed E-state index contributed by atoms with van der Waals surface area (Å²) in [5.41, 5.74) is 2.15. The Kier molecular flexibility index (Phi) is 5.35. The van der Waals surface area contributed by atoms with Crippen LogP contribution in [0.25, 0.3) is 0 Å². The predicted octanol–water partition coefficient (Wildman–Crippen LogP) is 4.06. The van der Waals surface area contributed by atoms with E-state index in [-0.39, 0.29) is 0 Å². The minimum Gasteiger partial charge on any atom is -0.487 e. The molecule has 0 unspecified atom stereocenters. The molecule has 1 N–H and O–H groups in total. The van der Waals surface area contributed by atoms with Crippen LogP contribution in [0.15, 0.2) is 24.3 Å². The normalized spacial score (nSPS) is 10.8. The van der Waals surface area contributed by atoms with E-state index >= 15 is 0 Å². The summed E-state index contributed by atoms with van der Waals surface area (Å²) in [7, 11) is 0. The van der Waals surface area contributed by atoms with Crippen molar-refractivity contribution in [2.45, 2.75) is 39.7 Å². The van der Waals surface area contributed by atoms with E-state index in [9.17, 15) is 0 Å². The van der Waals surface area contributed by atoms with Gasteiger partial charge in [0.15, 0.2) is 0 Å². The first-order chi connectivity index (χ1) is 9.70. The van der Waals surface area contributed by atoms with Crippen LogP contribution >= 0.6 is 11.5 Å². The minimum absolute atomic E-state index is 0.449. The fourth-order valence-corrected chi connectivity index (χ4v) is 2.38. The smallest absolute Gasteiger partial charge is 0.136 e. The quantitative estimate of drug-likeness (QED) is 0.835. The minimum atomic E-state index is 0.449. The molecule has 0 spiro atoms. The monoisotopic (exact) mass is 291 g/mol. The van der Waals surface area contributed by atoms with Crippen LogP contribution in [0.4, 0.5) is 5.00 Å². The lowest BCUT2D eigenvalue weighted by molar-refractivity contribution is 0.301. The van der Waals surface area contributed by atoms with Crippen LogP contribution in [0.1, 0.15) is 44.4 Å². The van der Waals surface area contributed by atoms with Gasteiger partial charge in [-0.15, -0.1) is 5.10 Å². The number of benzene rings is 1. The van der Waals surface area contributed by atoms with Gasteiger partial charge in [-0.25, -0.2) is 0 Å². The summed E-state index contributed by atoms with van der Waals surface area (Å²) in [6, 6.07) is 8.21. The second-order valence-electron chi connectivity index (χ2n) is 4.99. The molecule has 5 heteroatoms. The molecule has 0 aliphatic carbocycles. The molecule has 108 valence electrons. The van der Waals surface area contributed by atoms with Crippen LogP contribution in [0.3, 0.4) is 0 Å². The number of nitrogens with one attached hydrogen (secondary N) is 1. The summed E-state index contributed by atoms with van der Waals surface area (Å²) in [6.45, 7) is 7.87. The van der Waals surface area contributed by atoms with E-state index in [2.05, 4.69) is 47.8 Å². The van der Waals surface area contributed by atoms with Gasteiger partial charge in [-0.05, 0) is 30.0 Å². The zero-order valence-electron chi connectivity index (χ0n) is 12.2. The Bertz CT molecular complexity index is 539. The molecule has 1 aromatic carbocycles. The van der Waals surface area contributed by atoms with Crippen molar-refractivity contribution < 1.29 is 4.74 Å². The third kappa shape index (κ3) is 3.93. The van der Waals surface area contributed by atoms with Crippen molar-refractivity contribution in [3.63, 3.8) is 0 Å². The average molecular weight is 291 g/mol. The summed E-state index contributed by atoms with van der Waals surface area (Å²) >= 11 is 1.38. The van der Waals surface area contributed by atoms with Gasteiger partial charge in [0, 0.05) is 18.1 Å². The summed E-state index contributed by atoms with van der Waals surface area (Å²) in [6.07, 6.45) is 1.08. The Balaban J connectivity index is 1.98. The highest BCUT2D eigenvalue weighted by Gasteiger charge is 2.08. The Labute approximate surface area is 124 Å². The number of ether oxygens (including phenoxy) is 1. The maximum absolute atomic E-state index is 5.83. The number of aromatic nitrogens is 2. The van der Waals surface area contributed by atoms with Gasteiger partial charge >= 0.3 is 0 Å². The van der Waals surface area contributed by atoms with Crippen LogP contribution in [0.5, 0.6) is 5.75 Å². The lowest BCUT2D eigenvalue weighted by Gasteiger charge is -2.10. The van der Waals surface area contributed by atoms with Gasteiger partial charge in [-0.2, -0.15) is 0 Å². The summed E-state index contributed by atoms with van der Waals surface area (Å²) in [5, 5.41) is 8.45. The van der Waals surface area contributed by atoms with Crippen molar-refractivity contribution in [1.29, 1.82) is 0 Å². The van der Waals surface area contributed by atoms with Gasteiger partial charge in [0.05, 0.1) is 0 Å². The summed E-state index contributed by atoms with van der Waals surface area (Å²) in [4.78, 5) is 0. The maximum Gasteiger partial charge on any atom is 0.136 e. The lowest BCUT2D eigenvalue weighted by Crippen LogP contribution is -2.03. The highest BCUT2D eigenvalue weighted by Crippen LogP contribution is 2.23. The topological polar surface area (TPSA) is 47.0 Å². The van der Waals surface area contributed by atoms with E-state index in [1.54, 1.807) is 0 Å². The molecule has 0 saturated carbocycles. The third-order valence-corrected chi connectivity index (χ3v) is 3.72. The van der Waals surface area contributed by atoms with Gasteiger partial charge in [-0.1, -0.05) is 37.4 Å². The molecule has 4 nitrogen and oxygen atoms in total. The molecule has 0 amide bonds. The largest absolute Gasteiger partial charge is 0.487 e. The number of anilines is 1. The van der Waals surface area contributed by atoms with E-state index in [0.29, 0.717) is 12.5 Å². The molecule has 1 aromatic heterocycles. The van der Waals surface area contributed by atoms with Crippen molar-refractivity contribution >= 4 is 16.5 Å². The highest BCUT2D eigenvalue weighted by atomic mass is 32.1. The zero-order chi connectivity index (χ0) is 14.4. The third-order valence-electron chi connectivity index (χ3n) is 2.99. The van der Waals surface area contributed by atoms with Crippen molar-refractivity contribution in [2.75, 3.05) is 11.9 Å². The van der Waals surface area contributed by atoms with Crippen LogP contribution in [-0.4, -0.2) is 16.1 Å². The molecule has 1 heterocycles. The van der Waals surface area contributed by atoms with Crippen LogP contribution in [-0.2, 0) is 6.61 Å². The van der Waals surface area contributed by atoms with E-state index in [1.807, 2.05) is 12.1 Å². The van der Waals surface area contributed by atoms with Gasteiger partial charge in [-0.3, -0.25) is 0 Å². The van der Waals surface area contributed by atoms with Gasteiger partial charge in [0.1, 0.15) is 23.1 Å². The molecule has 0 saturated heterocycles. The average Bonchev–Trinajstić information content (AvgIpc) is 2.90. The summed E-state index contributed by atoms with van der Waals surface area (Å²) < 4.78 is 9.81. The lowest BCUT2D eigenvalue weighted by atomic mass is 10.0. The van der Waals surface area contributed by atoms with Gasteiger partial charge in [0.25, 0.3) is 0 Å². The van der Waals surface area contributed by atoms with E-state index in [1.165, 1.54) is 17.1 Å². The molecular formula is C15H21N3OS. The molecule has 0 fully saturated rings. The molecular weight excluding hydrogens is 270 g/mol. The first kappa shape index (κ1) is 14.8. The zero-order valence-corrected chi connectivity index (χ0v) is 13.0. The van der Waals surface area contributed by atoms with Crippen LogP contribution < -0.4 is 10.1 Å². The molecule has 20 heavy (non-hydrogen) atoms. The van der Waals surface area contributed by atoms with Crippen molar-refractivity contribution in [2.24, 2.45) is 0 Å². The first-order valence-corrected chi connectivity index (χ1v) is 7.76. The number of rotatable bonds is 7. The van der Waals surface area contributed by atoms with Crippen LogP contribution in [0, 0.1) is 0 Å². The molecule has 0 bridgehead atoms. The number of hydrogen-bond acceptors (Lipinski definition) is 5. The number of hydrogen-bond donors (Lipinski definition) is 1. The Morgan fingerprint density at radius 3 is 2.95 bits per heavy atom. The SMILES string of the molecule is CCCNc1snnc1COc1cccc(C(C)C)c1. The fraction of sp³-hybridized carbons (Fsp3) is 0.467. The molecule has 2 aromatic rings. The number of nitrogens with zero attached hydrogens (tertiary/aromatic N) is 2. The van der Waals surface area contributed by atoms with E-state index in [4.69, 9.17) is 4.74 Å². The Morgan fingerprint density at radius 2 is 2.20 bits per heavy atom. The Morgan fingerprint density at radius 1 is 1.35 bits per heavy atom. The second-order valence-corrected chi connectivity index (χ2v) is 5.75. The predicted molar refractivity (Wildman–Crippen MR) is 83.6 cm³/mol. The highest BCUT2D eigenvalue weighted by molar-refractivity contribution is 7.10. The van der Waals surface area contributed by atoms with E-state index in [0.717, 1.165) is 29.4 Å². The van der Waals surface area contributed by atoms with Crippen LogP contribution in [0.2, 0.25) is 0 Å². The molecule has 0 aliphatic heterocycles. The van der Waals surface area contributed by atoms with Crippen molar-refractivity contribution in [1.82, 2.24) is 9.59 Å². The molecule has 0 aliphatic rings. The van der Waals surface area contributed by atoms with Gasteiger partial charge < -0.3 is 10.1 Å². The maximum atomic E-state index is 5.83. The standard InChI is InChI=1S/C15H21N3OS/c1-4-8-16-15-14(17-18-20-15)10-19-13-7-5-6-12(9-13)11(2)3/h5-7,9,11,16H,4,8,10H2,1-3H3. The summed E-state index contributed by atoms with van der Waals surface area (Å²) in [5.74, 6) is 1.38. The second kappa shape index (κ2) is 7.24. The van der Waals surface area contributed by atoms with Crippen molar-refractivity contribution in [3.05, 3.63) is 35.5 Å². The van der Waals surface area contributed by atoms with Gasteiger partial charge in [0.2, 0.25) is 0 Å². The molecule has 2 rings (SSSR count). The first-order valence-electron chi connectivity index (χ1n) is 6.98. The fourth-order valence-electron chi connectivity index (χ4n) is 1.79. The molecule has 0 atom stereocenters. The molecule has 0 radical (unpaired) electrons. The Hall–Kier alpha value is -1.62. The van der Waals surface area contributed by atoms with Crippen molar-refractivity contribution in [3.8, 4) is 5.75 Å². The van der Waals surface area contributed by atoms with E-state index < -0.39 is 0 Å².